The summed E-state index contributed by atoms with van der Waals surface area (Å²) in [7, 11) is 0. The fourth-order valence-electron chi connectivity index (χ4n) is 8.17. The van der Waals surface area contributed by atoms with Crippen molar-refractivity contribution in [2.24, 2.45) is 0 Å². The number of aryl methyl sites for hydroxylation is 3. The van der Waals surface area contributed by atoms with Gasteiger partial charge < -0.3 is 19.1 Å². The van der Waals surface area contributed by atoms with Crippen LogP contribution < -0.4 is 14.5 Å². The van der Waals surface area contributed by atoms with E-state index in [0.29, 0.717) is 28.3 Å². The topological polar surface area (TPSA) is 33.5 Å². The molecule has 5 nitrogen and oxygen atoms in total. The van der Waals surface area contributed by atoms with Crippen molar-refractivity contribution in [1.82, 2.24) is 9.55 Å². The molecule has 61 heavy (non-hydrogen) atoms. The van der Waals surface area contributed by atoms with Gasteiger partial charge in [0.15, 0.2) is 0 Å². The summed E-state index contributed by atoms with van der Waals surface area (Å²) in [6.07, 6.45) is 1.99. The van der Waals surface area contributed by atoms with Crippen LogP contribution in [0, 0.1) is 39.4 Å². The van der Waals surface area contributed by atoms with Gasteiger partial charge in [0.1, 0.15) is 5.82 Å². The minimum atomic E-state index is -2.71. The van der Waals surface area contributed by atoms with Crippen molar-refractivity contribution in [1.29, 1.82) is 0 Å². The quantitative estimate of drug-likeness (QED) is 0.142. The zero-order valence-electron chi connectivity index (χ0n) is 44.1. The average molecular weight is 990 g/mol. The Morgan fingerprint density at radius 1 is 0.672 bits per heavy atom. The number of anilines is 3. The van der Waals surface area contributed by atoms with Crippen molar-refractivity contribution in [3.63, 3.8) is 0 Å². The SMILES string of the molecule is [2H]C([2H])([2H])c1cccc(-c2c(C([2H])([2H])[2H])cc(C(C)(C)C)cc2C([2H])([2H])[2H])c1CCN1[CH-]N(c2[c-]c(Oc3[c-]c4c(cc3)c3ccccc3n4-c3cc(C(C)(C)C)ccn3)ccc2)c2ccccc21.[Pt]. The summed E-state index contributed by atoms with van der Waals surface area (Å²) in [6.45, 7) is 6.44. The molecular weight excluding hydrogens is 928 g/mol. The molecule has 3 heterocycles. The fourth-order valence-corrected chi connectivity index (χ4v) is 8.17. The van der Waals surface area contributed by atoms with Crippen LogP contribution in [0.15, 0.2) is 128 Å². The minimum Gasteiger partial charge on any atom is -0.509 e. The molecule has 9 rings (SSSR count). The molecule has 6 heteroatoms. The minimum absolute atomic E-state index is 0. The van der Waals surface area contributed by atoms with Gasteiger partial charge in [0.25, 0.3) is 0 Å². The summed E-state index contributed by atoms with van der Waals surface area (Å²) < 4.78 is 86.2. The third-order valence-corrected chi connectivity index (χ3v) is 11.4. The monoisotopic (exact) mass is 989 g/mol. The van der Waals surface area contributed by atoms with E-state index in [1.165, 1.54) is 6.07 Å². The van der Waals surface area contributed by atoms with Crippen LogP contribution in [-0.2, 0) is 38.3 Å². The third kappa shape index (κ3) is 8.01. The number of hydrogen-bond donors (Lipinski definition) is 0. The van der Waals surface area contributed by atoms with Gasteiger partial charge in [-0.3, -0.25) is 0 Å². The number of rotatable bonds is 8. The maximum Gasteiger partial charge on any atom is 0.135 e. The number of aromatic nitrogens is 2. The summed E-state index contributed by atoms with van der Waals surface area (Å²) in [5.74, 6) is 1.75. The Kier molecular flexibility index (Phi) is 8.60. The zero-order chi connectivity index (χ0) is 49.4. The summed E-state index contributed by atoms with van der Waals surface area (Å²) >= 11 is 0. The first-order valence-corrected chi connectivity index (χ1v) is 20.3. The van der Waals surface area contributed by atoms with Gasteiger partial charge in [0, 0.05) is 68.0 Å². The second-order valence-corrected chi connectivity index (χ2v) is 17.5. The molecule has 0 saturated carbocycles. The summed E-state index contributed by atoms with van der Waals surface area (Å²) in [5.41, 5.74) is 5.72. The number of para-hydroxylation sites is 3. The van der Waals surface area contributed by atoms with Crippen LogP contribution >= 0.6 is 0 Å². The number of ether oxygens (including phenoxy) is 1. The van der Waals surface area contributed by atoms with Gasteiger partial charge in [0.2, 0.25) is 0 Å². The van der Waals surface area contributed by atoms with Gasteiger partial charge in [-0.05, 0) is 125 Å². The van der Waals surface area contributed by atoms with Crippen LogP contribution in [0.3, 0.4) is 0 Å². The molecule has 0 bridgehead atoms. The Morgan fingerprint density at radius 2 is 1.38 bits per heavy atom. The molecule has 0 unspecified atom stereocenters. The number of hydrogen-bond acceptors (Lipinski definition) is 4. The van der Waals surface area contributed by atoms with E-state index in [1.54, 1.807) is 24.3 Å². The van der Waals surface area contributed by atoms with Crippen LogP contribution in [0.1, 0.15) is 87.3 Å². The Bertz CT molecular complexity index is 3220. The van der Waals surface area contributed by atoms with E-state index >= 15 is 0 Å². The van der Waals surface area contributed by atoms with E-state index in [4.69, 9.17) is 22.1 Å². The number of fused-ring (bicyclic) bond motifs is 4. The molecule has 312 valence electrons. The fraction of sp³-hybridized carbons (Fsp3) is 0.236. The molecule has 0 spiro atoms. The number of pyridine rings is 1. The molecule has 0 amide bonds. The Hall–Kier alpha value is -5.64. The third-order valence-electron chi connectivity index (χ3n) is 11.4. The Balaban J connectivity index is 0.00000659. The van der Waals surface area contributed by atoms with Crippen LogP contribution in [0.4, 0.5) is 17.1 Å². The zero-order valence-corrected chi connectivity index (χ0v) is 37.4. The molecule has 0 saturated heterocycles. The van der Waals surface area contributed by atoms with E-state index in [0.717, 1.165) is 44.6 Å². The molecule has 0 radical (unpaired) electrons. The molecule has 2 aromatic heterocycles. The van der Waals surface area contributed by atoms with Gasteiger partial charge in [-0.15, -0.1) is 41.4 Å². The van der Waals surface area contributed by atoms with Crippen molar-refractivity contribution in [2.75, 3.05) is 16.3 Å². The molecule has 0 N–H and O–H groups in total. The molecule has 0 fully saturated rings. The summed E-state index contributed by atoms with van der Waals surface area (Å²) in [4.78, 5) is 8.80. The van der Waals surface area contributed by atoms with Gasteiger partial charge in [-0.2, -0.15) is 18.8 Å². The first kappa shape index (κ1) is 32.1. The average Bonchev–Trinajstić information content (AvgIpc) is 3.82. The normalized spacial score (nSPS) is 15.7. The van der Waals surface area contributed by atoms with Crippen LogP contribution in [0.5, 0.6) is 11.5 Å². The van der Waals surface area contributed by atoms with Crippen LogP contribution in [0.2, 0.25) is 0 Å². The van der Waals surface area contributed by atoms with Crippen molar-refractivity contribution >= 4 is 38.9 Å². The Morgan fingerprint density at radius 3 is 2.13 bits per heavy atom. The standard InChI is InChI=1S/C55H53N4O.Pt/c1-36-16-14-20-47(53-37(2)30-40(31-38(53)3)55(7,8)9)44(36)27-29-57-35-58(50-23-13-12-22-49(50)57)41-17-15-18-42(33-41)60-43-24-25-46-45-19-10-11-21-48(45)59(51(46)34-43)52-32-39(26-28-56-52)54(4,5)6;/h10-26,28,30-32,35H,27,29H2,1-9H3;/q-3;/i1D3,2D3,3D3;. The van der Waals surface area contributed by atoms with Crippen molar-refractivity contribution < 1.29 is 38.1 Å². The van der Waals surface area contributed by atoms with Gasteiger partial charge >= 0.3 is 0 Å². The van der Waals surface area contributed by atoms with Crippen molar-refractivity contribution in [3.05, 3.63) is 180 Å². The summed E-state index contributed by atoms with van der Waals surface area (Å²) in [5, 5.41) is 2.10. The molecule has 0 aliphatic carbocycles. The number of nitrogens with zero attached hydrogens (tertiary/aromatic N) is 4. The first-order chi connectivity index (χ1) is 32.4. The second-order valence-electron chi connectivity index (χ2n) is 17.5. The van der Waals surface area contributed by atoms with E-state index in [1.807, 2.05) is 110 Å². The predicted octanol–water partition coefficient (Wildman–Crippen LogP) is 14.1. The van der Waals surface area contributed by atoms with Crippen LogP contribution in [-0.4, -0.2) is 16.1 Å². The summed E-state index contributed by atoms with van der Waals surface area (Å²) in [6, 6.07) is 44.7. The van der Waals surface area contributed by atoms with Gasteiger partial charge in [-0.1, -0.05) is 108 Å². The molecular formula is C55H53N4OPt-3. The van der Waals surface area contributed by atoms with Crippen molar-refractivity contribution in [3.8, 4) is 28.4 Å². The van der Waals surface area contributed by atoms with E-state index in [9.17, 15) is 0 Å². The smallest absolute Gasteiger partial charge is 0.135 e. The van der Waals surface area contributed by atoms with Crippen molar-refractivity contribution in [2.45, 2.75) is 79.3 Å². The van der Waals surface area contributed by atoms with E-state index in [2.05, 4.69) is 61.7 Å². The molecule has 0 atom stereocenters. The van der Waals surface area contributed by atoms with Gasteiger partial charge in [-0.25, -0.2) is 4.98 Å². The van der Waals surface area contributed by atoms with E-state index in [-0.39, 0.29) is 67.3 Å². The molecule has 1 aliphatic heterocycles. The Labute approximate surface area is 388 Å². The maximum absolute atomic E-state index is 8.63. The largest absolute Gasteiger partial charge is 0.509 e. The second kappa shape index (κ2) is 16.3. The maximum atomic E-state index is 8.63. The van der Waals surface area contributed by atoms with Crippen LogP contribution in [0.25, 0.3) is 38.8 Å². The number of benzene rings is 6. The van der Waals surface area contributed by atoms with Gasteiger partial charge in [0.05, 0.1) is 0 Å². The van der Waals surface area contributed by atoms with E-state index < -0.39 is 26.0 Å². The molecule has 1 aliphatic rings. The molecule has 8 aromatic rings. The molecule has 6 aromatic carbocycles. The first-order valence-electron chi connectivity index (χ1n) is 24.8. The predicted molar refractivity (Wildman–Crippen MR) is 250 cm³/mol.